The first-order valence-electron chi connectivity index (χ1n) is 8.44. The number of aromatic nitrogens is 2. The predicted molar refractivity (Wildman–Crippen MR) is 88.3 cm³/mol. The van der Waals surface area contributed by atoms with E-state index in [1.807, 2.05) is 13.8 Å². The van der Waals surface area contributed by atoms with E-state index in [1.165, 1.54) is 19.3 Å². The Morgan fingerprint density at radius 3 is 2.48 bits per heavy atom. The number of carbonyl (C=O) groups excluding carboxylic acids is 1. The lowest BCUT2D eigenvalue weighted by Crippen LogP contribution is -2.36. The molecule has 0 bridgehead atoms. The Morgan fingerprint density at radius 1 is 1.17 bits per heavy atom. The molecule has 1 amide bonds. The zero-order valence-electron chi connectivity index (χ0n) is 13.8. The fourth-order valence-electron chi connectivity index (χ4n) is 3.82. The molecule has 1 saturated heterocycles. The van der Waals surface area contributed by atoms with Crippen LogP contribution >= 0.6 is 0 Å². The van der Waals surface area contributed by atoms with Crippen molar-refractivity contribution in [2.45, 2.75) is 64.5 Å². The maximum absolute atomic E-state index is 12.6. The highest BCUT2D eigenvalue weighted by Crippen LogP contribution is 2.27. The zero-order chi connectivity index (χ0) is 16.6. The normalized spacial score (nSPS) is 24.7. The van der Waals surface area contributed by atoms with Gasteiger partial charge in [0.15, 0.2) is 9.84 Å². The van der Waals surface area contributed by atoms with Crippen LogP contribution in [-0.2, 0) is 9.84 Å². The smallest absolute Gasteiger partial charge is 0.255 e. The maximum Gasteiger partial charge on any atom is 0.255 e. The average Bonchev–Trinajstić information content (AvgIpc) is 2.99. The van der Waals surface area contributed by atoms with Gasteiger partial charge in [0.1, 0.15) is 0 Å². The monoisotopic (exact) mass is 339 g/mol. The van der Waals surface area contributed by atoms with Gasteiger partial charge in [-0.05, 0) is 33.1 Å². The first-order valence-corrected chi connectivity index (χ1v) is 10.3. The predicted octanol–water partition coefficient (Wildman–Crippen LogP) is 1.92. The average molecular weight is 339 g/mol. The van der Waals surface area contributed by atoms with Gasteiger partial charge in [0.2, 0.25) is 0 Å². The third-order valence-electron chi connectivity index (χ3n) is 5.05. The van der Waals surface area contributed by atoms with E-state index in [1.54, 1.807) is 4.68 Å². The first kappa shape index (κ1) is 16.5. The highest BCUT2D eigenvalue weighted by molar-refractivity contribution is 7.91. The van der Waals surface area contributed by atoms with E-state index in [-0.39, 0.29) is 29.5 Å². The van der Waals surface area contributed by atoms with E-state index in [0.717, 1.165) is 18.5 Å². The summed E-state index contributed by atoms with van der Waals surface area (Å²) in [5, 5.41) is 7.59. The Labute approximate surface area is 137 Å². The SMILES string of the molecule is Cc1nn(C2CCS(=O)(=O)C2)c(C)c1C(=O)NC1CCCCC1. The van der Waals surface area contributed by atoms with E-state index >= 15 is 0 Å². The van der Waals surface area contributed by atoms with Gasteiger partial charge >= 0.3 is 0 Å². The number of carbonyl (C=O) groups is 1. The van der Waals surface area contributed by atoms with E-state index < -0.39 is 9.84 Å². The lowest BCUT2D eigenvalue weighted by atomic mass is 9.95. The quantitative estimate of drug-likeness (QED) is 0.912. The lowest BCUT2D eigenvalue weighted by Gasteiger charge is -2.22. The molecule has 2 heterocycles. The molecule has 2 fully saturated rings. The second-order valence-electron chi connectivity index (χ2n) is 6.86. The van der Waals surface area contributed by atoms with Crippen LogP contribution in [0, 0.1) is 13.8 Å². The molecule has 0 spiro atoms. The minimum Gasteiger partial charge on any atom is -0.349 e. The number of hydrogen-bond donors (Lipinski definition) is 1. The van der Waals surface area contributed by atoms with Crippen LogP contribution in [-0.4, -0.2) is 41.7 Å². The number of sulfone groups is 1. The standard InChI is InChI=1S/C16H25N3O3S/c1-11-15(16(20)17-13-6-4-3-5-7-13)12(2)19(18-11)14-8-9-23(21,22)10-14/h13-14H,3-10H2,1-2H3,(H,17,20). The molecular formula is C16H25N3O3S. The van der Waals surface area contributed by atoms with Crippen LogP contribution in [0.5, 0.6) is 0 Å². The second-order valence-corrected chi connectivity index (χ2v) is 9.08. The molecule has 0 radical (unpaired) electrons. The molecule has 128 valence electrons. The third-order valence-corrected chi connectivity index (χ3v) is 6.80. The van der Waals surface area contributed by atoms with Crippen LogP contribution in [0.2, 0.25) is 0 Å². The molecule has 1 saturated carbocycles. The minimum atomic E-state index is -2.97. The van der Waals surface area contributed by atoms with Crippen molar-refractivity contribution in [2.24, 2.45) is 0 Å². The van der Waals surface area contributed by atoms with Crippen molar-refractivity contribution in [3.63, 3.8) is 0 Å². The highest BCUT2D eigenvalue weighted by Gasteiger charge is 2.32. The minimum absolute atomic E-state index is 0.0704. The molecule has 6 nitrogen and oxygen atoms in total. The number of nitrogens with zero attached hydrogens (tertiary/aromatic N) is 2. The third kappa shape index (κ3) is 3.44. The summed E-state index contributed by atoms with van der Waals surface area (Å²) in [5.74, 6) is 0.261. The molecule has 7 heteroatoms. The second kappa shape index (κ2) is 6.26. The lowest BCUT2D eigenvalue weighted by molar-refractivity contribution is 0.0926. The molecule has 1 N–H and O–H groups in total. The number of nitrogens with one attached hydrogen (secondary N) is 1. The van der Waals surface area contributed by atoms with E-state index in [0.29, 0.717) is 17.7 Å². The van der Waals surface area contributed by atoms with Gasteiger partial charge in [0.25, 0.3) is 5.91 Å². The summed E-state index contributed by atoms with van der Waals surface area (Å²) < 4.78 is 25.1. The molecule has 1 aliphatic heterocycles. The molecule has 1 unspecified atom stereocenters. The Kier molecular flexibility index (Phi) is 4.49. The van der Waals surface area contributed by atoms with E-state index in [2.05, 4.69) is 10.4 Å². The van der Waals surface area contributed by atoms with Crippen molar-refractivity contribution < 1.29 is 13.2 Å². The summed E-state index contributed by atoms with van der Waals surface area (Å²) in [5.41, 5.74) is 2.07. The zero-order valence-corrected chi connectivity index (χ0v) is 14.7. The van der Waals surface area contributed by atoms with Gasteiger partial charge in [-0.15, -0.1) is 0 Å². The Bertz CT molecular complexity index is 702. The maximum atomic E-state index is 12.6. The summed E-state index contributed by atoms with van der Waals surface area (Å²) in [7, 11) is -2.97. The Hall–Kier alpha value is -1.37. The van der Waals surface area contributed by atoms with Gasteiger partial charge in [-0.25, -0.2) is 8.42 Å². The Morgan fingerprint density at radius 2 is 1.87 bits per heavy atom. The van der Waals surface area contributed by atoms with Gasteiger partial charge in [-0.2, -0.15) is 5.10 Å². The first-order chi connectivity index (χ1) is 10.9. The summed E-state index contributed by atoms with van der Waals surface area (Å²) in [6.07, 6.45) is 6.24. The van der Waals surface area contributed by atoms with Crippen LogP contribution in [0.15, 0.2) is 0 Å². The number of aryl methyl sites for hydroxylation is 1. The summed E-state index contributed by atoms with van der Waals surface area (Å²) >= 11 is 0. The van der Waals surface area contributed by atoms with Crippen molar-refractivity contribution in [2.75, 3.05) is 11.5 Å². The van der Waals surface area contributed by atoms with E-state index in [4.69, 9.17) is 0 Å². The summed E-state index contributed by atoms with van der Waals surface area (Å²) in [4.78, 5) is 12.6. The number of hydrogen-bond acceptors (Lipinski definition) is 4. The Balaban J connectivity index is 1.79. The molecule has 0 aromatic carbocycles. The molecule has 2 aliphatic rings. The van der Waals surface area contributed by atoms with Crippen molar-refractivity contribution >= 4 is 15.7 Å². The van der Waals surface area contributed by atoms with Crippen LogP contribution in [0.4, 0.5) is 0 Å². The van der Waals surface area contributed by atoms with Gasteiger partial charge in [-0.3, -0.25) is 9.48 Å². The van der Waals surface area contributed by atoms with Crippen molar-refractivity contribution in [1.29, 1.82) is 0 Å². The largest absolute Gasteiger partial charge is 0.349 e. The van der Waals surface area contributed by atoms with Gasteiger partial charge < -0.3 is 5.32 Å². The molecule has 1 aromatic heterocycles. The van der Waals surface area contributed by atoms with Gasteiger partial charge in [-0.1, -0.05) is 19.3 Å². The summed E-state index contributed by atoms with van der Waals surface area (Å²) in [6.45, 7) is 3.68. The van der Waals surface area contributed by atoms with Crippen LogP contribution < -0.4 is 5.32 Å². The molecule has 3 rings (SSSR count). The molecule has 1 atom stereocenters. The highest BCUT2D eigenvalue weighted by atomic mass is 32.2. The van der Waals surface area contributed by atoms with Gasteiger partial charge in [0.05, 0.1) is 28.8 Å². The van der Waals surface area contributed by atoms with Crippen molar-refractivity contribution in [1.82, 2.24) is 15.1 Å². The number of amides is 1. The summed E-state index contributed by atoms with van der Waals surface area (Å²) in [6, 6.07) is 0.111. The van der Waals surface area contributed by atoms with Gasteiger partial charge in [0, 0.05) is 11.7 Å². The number of rotatable bonds is 3. The fourth-order valence-corrected chi connectivity index (χ4v) is 5.51. The van der Waals surface area contributed by atoms with Crippen LogP contribution in [0.3, 0.4) is 0 Å². The molecule has 1 aliphatic carbocycles. The van der Waals surface area contributed by atoms with Crippen molar-refractivity contribution in [3.8, 4) is 0 Å². The molecule has 23 heavy (non-hydrogen) atoms. The fraction of sp³-hybridized carbons (Fsp3) is 0.750. The topological polar surface area (TPSA) is 81.1 Å². The van der Waals surface area contributed by atoms with Crippen LogP contribution in [0.25, 0.3) is 0 Å². The van der Waals surface area contributed by atoms with Crippen molar-refractivity contribution in [3.05, 3.63) is 17.0 Å². The molecular weight excluding hydrogens is 314 g/mol. The molecule has 1 aromatic rings. The van der Waals surface area contributed by atoms with Crippen LogP contribution in [0.1, 0.15) is 66.3 Å². The van der Waals surface area contributed by atoms with E-state index in [9.17, 15) is 13.2 Å².